The van der Waals surface area contributed by atoms with Gasteiger partial charge in [-0.2, -0.15) is 0 Å². The zero-order valence-corrected chi connectivity index (χ0v) is 15.3. The lowest BCUT2D eigenvalue weighted by molar-refractivity contribution is 0.519. The minimum absolute atomic E-state index is 0.0355. The number of amidine groups is 1. The van der Waals surface area contributed by atoms with Crippen molar-refractivity contribution in [1.29, 1.82) is 0 Å². The summed E-state index contributed by atoms with van der Waals surface area (Å²) in [5, 5.41) is 7.72. The summed E-state index contributed by atoms with van der Waals surface area (Å²) < 4.78 is 0. The highest BCUT2D eigenvalue weighted by Gasteiger charge is 2.40. The van der Waals surface area contributed by atoms with Crippen molar-refractivity contribution >= 4 is 17.2 Å². The lowest BCUT2D eigenvalue weighted by atomic mass is 9.85. The van der Waals surface area contributed by atoms with Gasteiger partial charge in [0.15, 0.2) is 0 Å². The summed E-state index contributed by atoms with van der Waals surface area (Å²) >= 11 is 0. The molecular weight excluding hydrogens is 294 g/mol. The summed E-state index contributed by atoms with van der Waals surface area (Å²) in [6.45, 7) is 4.40. The lowest BCUT2D eigenvalue weighted by Crippen LogP contribution is -2.52. The van der Waals surface area contributed by atoms with Crippen molar-refractivity contribution in [3.63, 3.8) is 0 Å². The SMILES string of the molecule is Cc1cc2c(cc1C)NC1(CCCCCC1)C(=NC1CCCC1)N2. The fourth-order valence-electron chi connectivity index (χ4n) is 4.65. The first-order chi connectivity index (χ1) is 11.7. The number of aryl methyl sites for hydroxylation is 2. The molecule has 3 heteroatoms. The molecule has 1 heterocycles. The molecule has 0 saturated heterocycles. The van der Waals surface area contributed by atoms with Crippen molar-refractivity contribution in [3.8, 4) is 0 Å². The Kier molecular flexibility index (Phi) is 4.28. The molecule has 2 N–H and O–H groups in total. The predicted molar refractivity (Wildman–Crippen MR) is 103 cm³/mol. The van der Waals surface area contributed by atoms with Gasteiger partial charge in [0.25, 0.3) is 0 Å². The quantitative estimate of drug-likeness (QED) is 0.707. The monoisotopic (exact) mass is 325 g/mol. The molecule has 1 spiro atoms. The van der Waals surface area contributed by atoms with Crippen molar-refractivity contribution in [2.45, 2.75) is 89.6 Å². The number of fused-ring (bicyclic) bond motifs is 1. The zero-order chi connectivity index (χ0) is 16.6. The van der Waals surface area contributed by atoms with Crippen LogP contribution in [-0.2, 0) is 0 Å². The van der Waals surface area contributed by atoms with E-state index in [1.807, 2.05) is 0 Å². The molecule has 0 amide bonds. The second kappa shape index (κ2) is 6.42. The molecule has 1 aliphatic heterocycles. The molecule has 4 rings (SSSR count). The molecule has 2 aliphatic carbocycles. The molecule has 3 nitrogen and oxygen atoms in total. The van der Waals surface area contributed by atoms with Crippen LogP contribution in [0.3, 0.4) is 0 Å². The molecule has 0 aromatic heterocycles. The van der Waals surface area contributed by atoms with E-state index in [0.29, 0.717) is 6.04 Å². The molecule has 2 fully saturated rings. The van der Waals surface area contributed by atoms with Crippen LogP contribution < -0.4 is 10.6 Å². The largest absolute Gasteiger partial charge is 0.371 e. The Labute approximate surface area is 146 Å². The first-order valence-electron chi connectivity index (χ1n) is 9.91. The van der Waals surface area contributed by atoms with Crippen molar-refractivity contribution in [1.82, 2.24) is 0 Å². The number of rotatable bonds is 1. The topological polar surface area (TPSA) is 36.4 Å². The van der Waals surface area contributed by atoms with E-state index in [4.69, 9.17) is 4.99 Å². The molecule has 2 saturated carbocycles. The molecule has 0 bridgehead atoms. The van der Waals surface area contributed by atoms with Crippen LogP contribution in [0.5, 0.6) is 0 Å². The van der Waals surface area contributed by atoms with E-state index in [0.717, 1.165) is 0 Å². The van der Waals surface area contributed by atoms with Gasteiger partial charge in [-0.3, -0.25) is 4.99 Å². The first kappa shape index (κ1) is 16.0. The van der Waals surface area contributed by atoms with E-state index in [1.54, 1.807) is 0 Å². The van der Waals surface area contributed by atoms with Crippen LogP contribution in [0.25, 0.3) is 0 Å². The van der Waals surface area contributed by atoms with Crippen molar-refractivity contribution in [3.05, 3.63) is 23.3 Å². The number of nitrogens with zero attached hydrogens (tertiary/aromatic N) is 1. The maximum absolute atomic E-state index is 5.25. The van der Waals surface area contributed by atoms with Crippen molar-refractivity contribution < 1.29 is 0 Å². The van der Waals surface area contributed by atoms with Crippen LogP contribution in [0.4, 0.5) is 11.4 Å². The van der Waals surface area contributed by atoms with E-state index < -0.39 is 0 Å². The summed E-state index contributed by atoms with van der Waals surface area (Å²) in [4.78, 5) is 5.25. The highest BCUT2D eigenvalue weighted by Crippen LogP contribution is 2.40. The second-order valence-electron chi connectivity index (χ2n) is 8.14. The Bertz CT molecular complexity index is 633. The highest BCUT2D eigenvalue weighted by molar-refractivity contribution is 6.09. The summed E-state index contributed by atoms with van der Waals surface area (Å²) in [6.07, 6.45) is 13.0. The molecule has 1 aromatic rings. The molecule has 3 aliphatic rings. The Morgan fingerprint density at radius 1 is 0.875 bits per heavy atom. The normalized spacial score (nSPS) is 25.2. The molecular formula is C21H31N3. The Balaban J connectivity index is 1.74. The van der Waals surface area contributed by atoms with Crippen LogP contribution in [0.1, 0.15) is 75.3 Å². The van der Waals surface area contributed by atoms with Gasteiger partial charge >= 0.3 is 0 Å². The maximum atomic E-state index is 5.25. The fourth-order valence-corrected chi connectivity index (χ4v) is 4.65. The number of aliphatic imine (C=N–C) groups is 1. The fraction of sp³-hybridized carbons (Fsp3) is 0.667. The number of anilines is 2. The summed E-state index contributed by atoms with van der Waals surface area (Å²) in [5.41, 5.74) is 5.23. The minimum atomic E-state index is 0.0355. The summed E-state index contributed by atoms with van der Waals surface area (Å²) in [7, 11) is 0. The van der Waals surface area contributed by atoms with Gasteiger partial charge in [0, 0.05) is 0 Å². The zero-order valence-electron chi connectivity index (χ0n) is 15.3. The van der Waals surface area contributed by atoms with Gasteiger partial charge in [-0.05, 0) is 62.8 Å². The lowest BCUT2D eigenvalue weighted by Gasteiger charge is -2.42. The first-order valence-corrected chi connectivity index (χ1v) is 9.91. The third-order valence-electron chi connectivity index (χ3n) is 6.31. The average molecular weight is 326 g/mol. The van der Waals surface area contributed by atoms with Crippen LogP contribution in [0, 0.1) is 13.8 Å². The van der Waals surface area contributed by atoms with Crippen LogP contribution in [-0.4, -0.2) is 17.4 Å². The van der Waals surface area contributed by atoms with Gasteiger partial charge in [0.2, 0.25) is 0 Å². The molecule has 0 radical (unpaired) electrons. The van der Waals surface area contributed by atoms with Crippen LogP contribution >= 0.6 is 0 Å². The molecule has 24 heavy (non-hydrogen) atoms. The molecule has 130 valence electrons. The van der Waals surface area contributed by atoms with Crippen LogP contribution in [0.15, 0.2) is 17.1 Å². The summed E-state index contributed by atoms with van der Waals surface area (Å²) in [6, 6.07) is 5.13. The minimum Gasteiger partial charge on any atom is -0.371 e. The van der Waals surface area contributed by atoms with E-state index in [1.165, 1.54) is 92.5 Å². The number of hydrogen-bond acceptors (Lipinski definition) is 2. The Morgan fingerprint density at radius 3 is 2.17 bits per heavy atom. The summed E-state index contributed by atoms with van der Waals surface area (Å²) in [5.74, 6) is 1.23. The average Bonchev–Trinajstić information content (AvgIpc) is 2.96. The third kappa shape index (κ3) is 2.94. The van der Waals surface area contributed by atoms with Crippen molar-refractivity contribution in [2.75, 3.05) is 10.6 Å². The number of hydrogen-bond donors (Lipinski definition) is 2. The number of benzene rings is 1. The molecule has 1 aromatic carbocycles. The van der Waals surface area contributed by atoms with Gasteiger partial charge < -0.3 is 10.6 Å². The van der Waals surface area contributed by atoms with Crippen LogP contribution in [0.2, 0.25) is 0 Å². The van der Waals surface area contributed by atoms with Crippen molar-refractivity contribution in [2.24, 2.45) is 4.99 Å². The predicted octanol–water partition coefficient (Wildman–Crippen LogP) is 5.57. The standard InChI is InChI=1S/C21H31N3/c1-15-13-18-19(14-16(15)2)24-21(11-7-3-4-8-12-21)20(23-18)22-17-9-5-6-10-17/h13-14,17,24H,3-12H2,1-2H3,(H,22,23). The van der Waals surface area contributed by atoms with E-state index in [2.05, 4.69) is 36.6 Å². The third-order valence-corrected chi connectivity index (χ3v) is 6.31. The second-order valence-corrected chi connectivity index (χ2v) is 8.14. The van der Waals surface area contributed by atoms with Gasteiger partial charge in [0.05, 0.1) is 23.0 Å². The molecule has 0 atom stereocenters. The van der Waals surface area contributed by atoms with Gasteiger partial charge in [-0.25, -0.2) is 0 Å². The highest BCUT2D eigenvalue weighted by atomic mass is 15.2. The van der Waals surface area contributed by atoms with Gasteiger partial charge in [-0.15, -0.1) is 0 Å². The van der Waals surface area contributed by atoms with E-state index in [-0.39, 0.29) is 5.54 Å². The number of nitrogens with one attached hydrogen (secondary N) is 2. The van der Waals surface area contributed by atoms with Gasteiger partial charge in [0.1, 0.15) is 5.84 Å². The van der Waals surface area contributed by atoms with E-state index >= 15 is 0 Å². The smallest absolute Gasteiger partial charge is 0.127 e. The Hall–Kier alpha value is -1.51. The Morgan fingerprint density at radius 2 is 1.50 bits per heavy atom. The molecule has 0 unspecified atom stereocenters. The van der Waals surface area contributed by atoms with E-state index in [9.17, 15) is 0 Å². The van der Waals surface area contributed by atoms with Gasteiger partial charge in [-0.1, -0.05) is 38.5 Å². The maximum Gasteiger partial charge on any atom is 0.127 e.